The summed E-state index contributed by atoms with van der Waals surface area (Å²) < 4.78 is 11.8. The summed E-state index contributed by atoms with van der Waals surface area (Å²) in [5, 5.41) is 6.85. The molecule has 1 heterocycles. The van der Waals surface area contributed by atoms with Gasteiger partial charge in [0.1, 0.15) is 12.4 Å². The monoisotopic (exact) mass is 532 g/mol. The third-order valence-corrected chi connectivity index (χ3v) is 4.90. The lowest BCUT2D eigenvalue weighted by atomic mass is 9.93. The van der Waals surface area contributed by atoms with Crippen LogP contribution in [0, 0.1) is 12.3 Å². The molecule has 0 bridgehead atoms. The number of rotatable bonds is 10. The summed E-state index contributed by atoms with van der Waals surface area (Å²) in [5.74, 6) is 1.75. The van der Waals surface area contributed by atoms with Gasteiger partial charge in [-0.1, -0.05) is 26.0 Å². The number of halogens is 1. The van der Waals surface area contributed by atoms with Crippen LogP contribution < -0.4 is 15.4 Å². The Balaban J connectivity index is 0.00000450. The van der Waals surface area contributed by atoms with E-state index in [0.717, 1.165) is 56.4 Å². The first-order valence-corrected chi connectivity index (χ1v) is 10.8. The van der Waals surface area contributed by atoms with Gasteiger partial charge in [0.2, 0.25) is 0 Å². The fourth-order valence-electron chi connectivity index (χ4n) is 3.63. The van der Waals surface area contributed by atoms with Crippen LogP contribution in [0.1, 0.15) is 44.7 Å². The zero-order valence-electron chi connectivity index (χ0n) is 19.6. The van der Waals surface area contributed by atoms with Gasteiger partial charge in [0.25, 0.3) is 0 Å². The van der Waals surface area contributed by atoms with Crippen LogP contribution in [0.15, 0.2) is 23.2 Å². The standard InChI is InChI=1S/C23H40N4O2.HI/c1-7-24-22(26-16-23(3,4)17-27(5)6)25-14-19-11-10-18(2)13-21(19)29-15-20-9-8-12-28-20;/h10-11,13,20H,7-9,12,14-17H2,1-6H3,(H2,24,25,26);1H. The highest BCUT2D eigenvalue weighted by atomic mass is 127. The molecule has 0 spiro atoms. The summed E-state index contributed by atoms with van der Waals surface area (Å²) in [6.45, 7) is 13.4. The Kier molecular flexibility index (Phi) is 12.0. The van der Waals surface area contributed by atoms with Gasteiger partial charge in [-0.25, -0.2) is 4.99 Å². The summed E-state index contributed by atoms with van der Waals surface area (Å²) in [6.07, 6.45) is 2.42. The van der Waals surface area contributed by atoms with Crippen LogP contribution in [0.5, 0.6) is 5.75 Å². The van der Waals surface area contributed by atoms with Crippen LogP contribution in [0.3, 0.4) is 0 Å². The molecule has 1 aromatic rings. The van der Waals surface area contributed by atoms with E-state index in [2.05, 4.69) is 75.5 Å². The summed E-state index contributed by atoms with van der Waals surface area (Å²) in [5.41, 5.74) is 2.44. The first kappa shape index (κ1) is 27.0. The maximum Gasteiger partial charge on any atom is 0.191 e. The number of nitrogens with zero attached hydrogens (tertiary/aromatic N) is 2. The maximum absolute atomic E-state index is 6.11. The van der Waals surface area contributed by atoms with E-state index in [1.807, 2.05) is 0 Å². The Labute approximate surface area is 200 Å². The lowest BCUT2D eigenvalue weighted by Crippen LogP contribution is -2.44. The molecule has 1 fully saturated rings. The minimum atomic E-state index is 0. The van der Waals surface area contributed by atoms with Gasteiger partial charge in [0, 0.05) is 31.8 Å². The van der Waals surface area contributed by atoms with Crippen molar-refractivity contribution in [3.05, 3.63) is 29.3 Å². The number of aliphatic imine (C=N–C) groups is 1. The molecule has 1 aliphatic rings. The first-order chi connectivity index (χ1) is 13.8. The van der Waals surface area contributed by atoms with E-state index in [-0.39, 0.29) is 35.5 Å². The van der Waals surface area contributed by atoms with Crippen molar-refractivity contribution in [1.82, 2.24) is 15.5 Å². The van der Waals surface area contributed by atoms with Gasteiger partial charge in [-0.2, -0.15) is 0 Å². The van der Waals surface area contributed by atoms with Gasteiger partial charge in [-0.15, -0.1) is 24.0 Å². The van der Waals surface area contributed by atoms with Crippen molar-refractivity contribution in [1.29, 1.82) is 0 Å². The predicted octanol–water partition coefficient (Wildman–Crippen LogP) is 3.81. The smallest absolute Gasteiger partial charge is 0.191 e. The van der Waals surface area contributed by atoms with Crippen molar-refractivity contribution in [2.24, 2.45) is 10.4 Å². The SMILES string of the molecule is CCNC(=NCc1ccc(C)cc1OCC1CCCO1)NCC(C)(C)CN(C)C.I. The Morgan fingerprint density at radius 1 is 1.30 bits per heavy atom. The number of ether oxygens (including phenoxy) is 2. The third kappa shape index (κ3) is 9.83. The van der Waals surface area contributed by atoms with Gasteiger partial charge in [0.15, 0.2) is 5.96 Å². The normalized spacial score (nSPS) is 17.0. The van der Waals surface area contributed by atoms with E-state index in [1.165, 1.54) is 5.56 Å². The highest BCUT2D eigenvalue weighted by Gasteiger charge is 2.19. The Hall–Kier alpha value is -1.06. The number of nitrogens with one attached hydrogen (secondary N) is 2. The second kappa shape index (κ2) is 13.4. The summed E-state index contributed by atoms with van der Waals surface area (Å²) in [6, 6.07) is 6.33. The average Bonchev–Trinajstić information content (AvgIpc) is 3.16. The molecular formula is C23H41IN4O2. The van der Waals surface area contributed by atoms with E-state index < -0.39 is 0 Å². The zero-order valence-corrected chi connectivity index (χ0v) is 21.9. The second-order valence-electron chi connectivity index (χ2n) is 9.01. The largest absolute Gasteiger partial charge is 0.491 e. The number of benzene rings is 1. The van der Waals surface area contributed by atoms with E-state index in [4.69, 9.17) is 14.5 Å². The minimum absolute atomic E-state index is 0. The number of aryl methyl sites for hydroxylation is 1. The van der Waals surface area contributed by atoms with Crippen molar-refractivity contribution in [3.63, 3.8) is 0 Å². The molecule has 2 N–H and O–H groups in total. The number of guanidine groups is 1. The zero-order chi connectivity index (χ0) is 21.3. The highest BCUT2D eigenvalue weighted by Crippen LogP contribution is 2.23. The van der Waals surface area contributed by atoms with Crippen molar-refractivity contribution >= 4 is 29.9 Å². The molecule has 30 heavy (non-hydrogen) atoms. The summed E-state index contributed by atoms with van der Waals surface area (Å²) in [7, 11) is 4.22. The summed E-state index contributed by atoms with van der Waals surface area (Å²) in [4.78, 5) is 7.02. The maximum atomic E-state index is 6.11. The number of hydrogen-bond donors (Lipinski definition) is 2. The molecule has 172 valence electrons. The van der Waals surface area contributed by atoms with Crippen LogP contribution >= 0.6 is 24.0 Å². The fraction of sp³-hybridized carbons (Fsp3) is 0.696. The Morgan fingerprint density at radius 3 is 2.70 bits per heavy atom. The average molecular weight is 533 g/mol. The molecule has 0 saturated carbocycles. The summed E-state index contributed by atoms with van der Waals surface area (Å²) >= 11 is 0. The molecular weight excluding hydrogens is 491 g/mol. The molecule has 0 aliphatic carbocycles. The van der Waals surface area contributed by atoms with Crippen LogP contribution in [0.2, 0.25) is 0 Å². The predicted molar refractivity (Wildman–Crippen MR) is 136 cm³/mol. The van der Waals surface area contributed by atoms with Gasteiger partial charge < -0.3 is 25.0 Å². The number of hydrogen-bond acceptors (Lipinski definition) is 4. The Morgan fingerprint density at radius 2 is 2.07 bits per heavy atom. The van der Waals surface area contributed by atoms with Gasteiger partial charge in [-0.05, 0) is 57.8 Å². The second-order valence-corrected chi connectivity index (χ2v) is 9.01. The van der Waals surface area contributed by atoms with E-state index >= 15 is 0 Å². The minimum Gasteiger partial charge on any atom is -0.491 e. The first-order valence-electron chi connectivity index (χ1n) is 10.8. The highest BCUT2D eigenvalue weighted by molar-refractivity contribution is 14.0. The Bertz CT molecular complexity index is 659. The van der Waals surface area contributed by atoms with Crippen LogP contribution in [-0.4, -0.2) is 63.9 Å². The van der Waals surface area contributed by atoms with Gasteiger partial charge >= 0.3 is 0 Å². The molecule has 1 saturated heterocycles. The van der Waals surface area contributed by atoms with Crippen LogP contribution in [0.4, 0.5) is 0 Å². The fourth-order valence-corrected chi connectivity index (χ4v) is 3.63. The van der Waals surface area contributed by atoms with Crippen molar-refractivity contribution < 1.29 is 9.47 Å². The van der Waals surface area contributed by atoms with Gasteiger partial charge in [0.05, 0.1) is 12.6 Å². The molecule has 1 unspecified atom stereocenters. The molecule has 1 atom stereocenters. The topological polar surface area (TPSA) is 58.1 Å². The third-order valence-electron chi connectivity index (χ3n) is 4.90. The van der Waals surface area contributed by atoms with E-state index in [9.17, 15) is 0 Å². The van der Waals surface area contributed by atoms with E-state index in [0.29, 0.717) is 13.2 Å². The van der Waals surface area contributed by atoms with Crippen LogP contribution in [-0.2, 0) is 11.3 Å². The molecule has 0 radical (unpaired) electrons. The quantitative estimate of drug-likeness (QED) is 0.273. The van der Waals surface area contributed by atoms with Crippen molar-refractivity contribution in [2.45, 2.75) is 53.2 Å². The lowest BCUT2D eigenvalue weighted by molar-refractivity contribution is 0.0676. The molecule has 1 aliphatic heterocycles. The lowest BCUT2D eigenvalue weighted by Gasteiger charge is -2.29. The van der Waals surface area contributed by atoms with Crippen molar-refractivity contribution in [3.8, 4) is 5.75 Å². The van der Waals surface area contributed by atoms with E-state index in [1.54, 1.807) is 0 Å². The molecule has 6 nitrogen and oxygen atoms in total. The molecule has 0 aromatic heterocycles. The molecule has 2 rings (SSSR count). The van der Waals surface area contributed by atoms with Gasteiger partial charge in [-0.3, -0.25) is 0 Å². The molecule has 0 amide bonds. The molecule has 1 aromatic carbocycles. The van der Waals surface area contributed by atoms with Crippen LogP contribution in [0.25, 0.3) is 0 Å². The molecule has 7 heteroatoms. The van der Waals surface area contributed by atoms with Crippen molar-refractivity contribution in [2.75, 3.05) is 46.9 Å².